The van der Waals surface area contributed by atoms with E-state index in [-0.39, 0.29) is 0 Å². The molecule has 148 valence electrons. The fraction of sp³-hybridized carbons (Fsp3) is 0.286. The Labute approximate surface area is 165 Å². The maximum atomic E-state index is 11.5. The number of nitrogens with one attached hydrogen (secondary N) is 2. The largest absolute Gasteiger partial charge is 0.461 e. The zero-order valence-corrected chi connectivity index (χ0v) is 16.9. The first-order chi connectivity index (χ1) is 13.5. The minimum absolute atomic E-state index is 0.340. The zero-order valence-electron chi connectivity index (χ0n) is 16.1. The summed E-state index contributed by atoms with van der Waals surface area (Å²) in [5, 5.41) is 7.66. The lowest BCUT2D eigenvalue weighted by Gasteiger charge is -2.11. The van der Waals surface area contributed by atoms with Crippen molar-refractivity contribution in [2.45, 2.75) is 17.7 Å². The van der Waals surface area contributed by atoms with E-state index < -0.39 is 9.84 Å². The van der Waals surface area contributed by atoms with E-state index in [0.29, 0.717) is 18.0 Å². The summed E-state index contributed by atoms with van der Waals surface area (Å²) in [6.07, 6.45) is 2.75. The van der Waals surface area contributed by atoms with Gasteiger partial charge in [-0.25, -0.2) is 8.42 Å². The van der Waals surface area contributed by atoms with Crippen LogP contribution in [0.15, 0.2) is 68.9 Å². The number of nitrogens with zero attached hydrogens (tertiary/aromatic N) is 1. The molecule has 0 amide bonds. The molecule has 2 aromatic carbocycles. The SMILES string of the molecule is CN=C(NCCc1ccc(S(C)(=O)=O)cc1)NCCc1cc2ccccc2o1. The summed E-state index contributed by atoms with van der Waals surface area (Å²) in [5.41, 5.74) is 1.97. The monoisotopic (exact) mass is 399 g/mol. The summed E-state index contributed by atoms with van der Waals surface area (Å²) in [4.78, 5) is 4.56. The third-order valence-corrected chi connectivity index (χ3v) is 5.55. The van der Waals surface area contributed by atoms with Crippen LogP contribution in [0.4, 0.5) is 0 Å². The van der Waals surface area contributed by atoms with Gasteiger partial charge in [-0.05, 0) is 36.2 Å². The van der Waals surface area contributed by atoms with E-state index in [4.69, 9.17) is 4.42 Å². The number of sulfone groups is 1. The highest BCUT2D eigenvalue weighted by Gasteiger charge is 2.06. The maximum absolute atomic E-state index is 11.5. The third kappa shape index (κ3) is 5.36. The highest BCUT2D eigenvalue weighted by atomic mass is 32.2. The molecule has 3 rings (SSSR count). The molecule has 0 aliphatic rings. The van der Waals surface area contributed by atoms with Gasteiger partial charge in [0.2, 0.25) is 0 Å². The van der Waals surface area contributed by atoms with E-state index in [1.807, 2.05) is 36.4 Å². The highest BCUT2D eigenvalue weighted by Crippen LogP contribution is 2.18. The van der Waals surface area contributed by atoms with Crippen molar-refractivity contribution in [3.8, 4) is 0 Å². The number of benzene rings is 2. The van der Waals surface area contributed by atoms with E-state index in [1.54, 1.807) is 19.2 Å². The van der Waals surface area contributed by atoms with Gasteiger partial charge in [-0.2, -0.15) is 0 Å². The van der Waals surface area contributed by atoms with E-state index in [1.165, 1.54) is 6.26 Å². The molecule has 0 aliphatic carbocycles. The van der Waals surface area contributed by atoms with Gasteiger partial charge in [0.15, 0.2) is 15.8 Å². The number of aliphatic imine (C=N–C) groups is 1. The Balaban J connectivity index is 1.43. The molecule has 6 nitrogen and oxygen atoms in total. The number of hydrogen-bond donors (Lipinski definition) is 2. The molecule has 0 spiro atoms. The molecule has 0 aliphatic heterocycles. The average Bonchev–Trinajstić information content (AvgIpc) is 3.09. The Kier molecular flexibility index (Phi) is 6.36. The lowest BCUT2D eigenvalue weighted by Crippen LogP contribution is -2.39. The normalized spacial score (nSPS) is 12.3. The van der Waals surface area contributed by atoms with Crippen LogP contribution in [0.25, 0.3) is 11.0 Å². The number of hydrogen-bond acceptors (Lipinski definition) is 4. The Morgan fingerprint density at radius 3 is 2.32 bits per heavy atom. The molecule has 0 radical (unpaired) electrons. The zero-order chi connectivity index (χ0) is 20.0. The van der Waals surface area contributed by atoms with Crippen LogP contribution in [0.2, 0.25) is 0 Å². The van der Waals surface area contributed by atoms with Crippen molar-refractivity contribution in [2.24, 2.45) is 4.99 Å². The summed E-state index contributed by atoms with van der Waals surface area (Å²) in [7, 11) is -1.42. The number of para-hydroxylation sites is 1. The van der Waals surface area contributed by atoms with Crippen molar-refractivity contribution in [3.63, 3.8) is 0 Å². The Bertz CT molecular complexity index is 1020. The molecule has 0 saturated carbocycles. The minimum Gasteiger partial charge on any atom is -0.461 e. The van der Waals surface area contributed by atoms with Crippen molar-refractivity contribution in [1.29, 1.82) is 0 Å². The lowest BCUT2D eigenvalue weighted by atomic mass is 10.1. The molecular formula is C21H25N3O3S. The molecule has 1 aromatic heterocycles. The van der Waals surface area contributed by atoms with Crippen LogP contribution in [0, 0.1) is 0 Å². The summed E-state index contributed by atoms with van der Waals surface area (Å²) in [6, 6.07) is 17.0. The standard InChI is InChI=1S/C21H25N3O3S/c1-22-21(23-13-11-16-7-9-19(10-8-16)28(2,25)26)24-14-12-18-15-17-5-3-4-6-20(17)27-18/h3-10,15H,11-14H2,1-2H3,(H2,22,23,24). The number of rotatable bonds is 7. The van der Waals surface area contributed by atoms with Gasteiger partial charge < -0.3 is 15.1 Å². The molecular weight excluding hydrogens is 374 g/mol. The highest BCUT2D eigenvalue weighted by molar-refractivity contribution is 7.90. The van der Waals surface area contributed by atoms with Crippen molar-refractivity contribution < 1.29 is 12.8 Å². The van der Waals surface area contributed by atoms with Crippen molar-refractivity contribution in [1.82, 2.24) is 10.6 Å². The number of fused-ring (bicyclic) bond motifs is 1. The van der Waals surface area contributed by atoms with Gasteiger partial charge in [0.05, 0.1) is 4.90 Å². The van der Waals surface area contributed by atoms with Gasteiger partial charge in [0, 0.05) is 38.2 Å². The predicted octanol–water partition coefficient (Wildman–Crippen LogP) is 2.79. The average molecular weight is 400 g/mol. The van der Waals surface area contributed by atoms with Crippen LogP contribution in [0.3, 0.4) is 0 Å². The first kappa shape index (κ1) is 19.9. The van der Waals surface area contributed by atoms with Crippen LogP contribution < -0.4 is 10.6 Å². The minimum atomic E-state index is -3.15. The first-order valence-electron chi connectivity index (χ1n) is 9.17. The van der Waals surface area contributed by atoms with E-state index in [0.717, 1.165) is 41.1 Å². The summed E-state index contributed by atoms with van der Waals surface area (Å²) >= 11 is 0. The van der Waals surface area contributed by atoms with Crippen molar-refractivity contribution >= 4 is 26.8 Å². The second-order valence-electron chi connectivity index (χ2n) is 6.59. The number of guanidine groups is 1. The topological polar surface area (TPSA) is 83.7 Å². The van der Waals surface area contributed by atoms with Gasteiger partial charge in [-0.3, -0.25) is 4.99 Å². The smallest absolute Gasteiger partial charge is 0.191 e. The van der Waals surface area contributed by atoms with Crippen LogP contribution in [-0.4, -0.2) is 40.8 Å². The molecule has 0 fully saturated rings. The third-order valence-electron chi connectivity index (χ3n) is 4.42. The van der Waals surface area contributed by atoms with E-state index in [9.17, 15) is 8.42 Å². The molecule has 0 unspecified atom stereocenters. The quantitative estimate of drug-likeness (QED) is 0.471. The molecule has 1 heterocycles. The summed E-state index contributed by atoms with van der Waals surface area (Å²) < 4.78 is 28.8. The Morgan fingerprint density at radius 1 is 1.00 bits per heavy atom. The van der Waals surface area contributed by atoms with Crippen LogP contribution in [0.5, 0.6) is 0 Å². The van der Waals surface area contributed by atoms with Crippen molar-refractivity contribution in [2.75, 3.05) is 26.4 Å². The molecule has 0 bridgehead atoms. The second-order valence-corrected chi connectivity index (χ2v) is 8.61. The summed E-state index contributed by atoms with van der Waals surface area (Å²) in [6.45, 7) is 1.41. The first-order valence-corrected chi connectivity index (χ1v) is 11.1. The fourth-order valence-corrected chi connectivity index (χ4v) is 3.54. The molecule has 0 atom stereocenters. The second kappa shape index (κ2) is 8.93. The molecule has 2 N–H and O–H groups in total. The van der Waals surface area contributed by atoms with Crippen LogP contribution in [-0.2, 0) is 22.7 Å². The van der Waals surface area contributed by atoms with Crippen LogP contribution >= 0.6 is 0 Å². The molecule has 28 heavy (non-hydrogen) atoms. The summed E-state index contributed by atoms with van der Waals surface area (Å²) in [5.74, 6) is 1.67. The molecule has 7 heteroatoms. The van der Waals surface area contributed by atoms with Crippen LogP contribution in [0.1, 0.15) is 11.3 Å². The predicted molar refractivity (Wildman–Crippen MR) is 113 cm³/mol. The van der Waals surface area contributed by atoms with Gasteiger partial charge in [0.1, 0.15) is 11.3 Å². The Hall–Kier alpha value is -2.80. The maximum Gasteiger partial charge on any atom is 0.191 e. The fourth-order valence-electron chi connectivity index (χ4n) is 2.91. The Morgan fingerprint density at radius 2 is 1.68 bits per heavy atom. The number of furan rings is 1. The van der Waals surface area contributed by atoms with Crippen molar-refractivity contribution in [3.05, 3.63) is 65.9 Å². The van der Waals surface area contributed by atoms with Gasteiger partial charge >= 0.3 is 0 Å². The van der Waals surface area contributed by atoms with E-state index >= 15 is 0 Å². The molecule has 0 saturated heterocycles. The van der Waals surface area contributed by atoms with Gasteiger partial charge in [0.25, 0.3) is 0 Å². The van der Waals surface area contributed by atoms with E-state index in [2.05, 4.69) is 21.7 Å². The van der Waals surface area contributed by atoms with Gasteiger partial charge in [-0.1, -0.05) is 30.3 Å². The lowest BCUT2D eigenvalue weighted by molar-refractivity contribution is 0.544. The molecule has 3 aromatic rings. The van der Waals surface area contributed by atoms with Gasteiger partial charge in [-0.15, -0.1) is 0 Å².